The van der Waals surface area contributed by atoms with Gasteiger partial charge in [-0.1, -0.05) is 23.2 Å². The molecule has 0 fully saturated rings. The minimum Gasteiger partial charge on any atom is -0.346 e. The Kier molecular flexibility index (Phi) is 3.65. The van der Waals surface area contributed by atoms with E-state index < -0.39 is 0 Å². The summed E-state index contributed by atoms with van der Waals surface area (Å²) in [5, 5.41) is 5.58. The van der Waals surface area contributed by atoms with Crippen LogP contribution in [0.5, 0.6) is 0 Å². The number of carbonyl (C=O) groups excluding carboxylic acids is 1. The van der Waals surface area contributed by atoms with Gasteiger partial charge in [0.1, 0.15) is 0 Å². The molecule has 0 bridgehead atoms. The molecule has 0 aliphatic heterocycles. The number of carbonyl (C=O) groups is 1. The number of hydrogen-bond acceptors (Lipinski definition) is 3. The number of fused-ring (bicyclic) bond motifs is 1. The van der Waals surface area contributed by atoms with Crippen LogP contribution in [0.4, 0.5) is 0 Å². The van der Waals surface area contributed by atoms with E-state index in [2.05, 4.69) is 10.3 Å². The lowest BCUT2D eigenvalue weighted by molar-refractivity contribution is 0.0950. The third-order valence-corrected chi connectivity index (χ3v) is 4.07. The second-order valence-electron chi connectivity index (χ2n) is 4.13. The maximum absolute atomic E-state index is 12.0. The largest absolute Gasteiger partial charge is 0.346 e. The third-order valence-electron chi connectivity index (χ3n) is 2.75. The van der Waals surface area contributed by atoms with E-state index in [9.17, 15) is 4.79 Å². The number of nitrogens with zero attached hydrogens (tertiary/aromatic N) is 2. The van der Waals surface area contributed by atoms with Crippen molar-refractivity contribution < 1.29 is 4.79 Å². The van der Waals surface area contributed by atoms with Crippen LogP contribution in [0.1, 0.15) is 16.1 Å². The van der Waals surface area contributed by atoms with Gasteiger partial charge in [0.25, 0.3) is 5.91 Å². The first-order chi connectivity index (χ1) is 9.63. The van der Waals surface area contributed by atoms with Gasteiger partial charge >= 0.3 is 0 Å². The van der Waals surface area contributed by atoms with Crippen molar-refractivity contribution in [2.45, 2.75) is 6.54 Å². The van der Waals surface area contributed by atoms with Crippen LogP contribution < -0.4 is 5.32 Å². The van der Waals surface area contributed by atoms with E-state index in [1.54, 1.807) is 29.5 Å². The number of halogens is 2. The summed E-state index contributed by atoms with van der Waals surface area (Å²) in [6.45, 7) is 0.353. The highest BCUT2D eigenvalue weighted by molar-refractivity contribution is 7.15. The molecule has 0 saturated heterocycles. The molecule has 4 nitrogen and oxygen atoms in total. The molecule has 0 aliphatic carbocycles. The molecule has 3 rings (SSSR count). The van der Waals surface area contributed by atoms with Gasteiger partial charge < -0.3 is 5.32 Å². The number of hydrogen-bond donors (Lipinski definition) is 1. The van der Waals surface area contributed by atoms with Gasteiger partial charge in [0.15, 0.2) is 4.96 Å². The van der Waals surface area contributed by atoms with Gasteiger partial charge in [0, 0.05) is 22.8 Å². The highest BCUT2D eigenvalue weighted by atomic mass is 35.5. The quantitative estimate of drug-likeness (QED) is 0.799. The Bertz CT molecular complexity index is 752. The van der Waals surface area contributed by atoms with Crippen LogP contribution in [0, 0.1) is 0 Å². The van der Waals surface area contributed by atoms with Gasteiger partial charge in [-0.15, -0.1) is 11.3 Å². The summed E-state index contributed by atoms with van der Waals surface area (Å²) >= 11 is 13.3. The maximum atomic E-state index is 12.0. The Morgan fingerprint density at radius 3 is 3.00 bits per heavy atom. The zero-order valence-corrected chi connectivity index (χ0v) is 12.5. The molecular formula is C13H9Cl2N3OS. The molecule has 0 unspecified atom stereocenters. The van der Waals surface area contributed by atoms with E-state index >= 15 is 0 Å². The number of benzene rings is 1. The highest BCUT2D eigenvalue weighted by Gasteiger charge is 2.11. The van der Waals surface area contributed by atoms with Crippen LogP contribution in [0.3, 0.4) is 0 Å². The zero-order chi connectivity index (χ0) is 14.1. The molecule has 0 aliphatic rings. The van der Waals surface area contributed by atoms with Crippen molar-refractivity contribution in [1.29, 1.82) is 0 Å². The van der Waals surface area contributed by atoms with Gasteiger partial charge in [-0.25, -0.2) is 4.98 Å². The summed E-state index contributed by atoms with van der Waals surface area (Å²) < 4.78 is 1.92. The minimum absolute atomic E-state index is 0.247. The van der Waals surface area contributed by atoms with E-state index in [1.807, 2.05) is 22.2 Å². The van der Waals surface area contributed by atoms with E-state index in [0.717, 1.165) is 10.7 Å². The van der Waals surface area contributed by atoms with Gasteiger partial charge in [0.2, 0.25) is 0 Å². The molecule has 1 aromatic carbocycles. The number of amides is 1. The van der Waals surface area contributed by atoms with Crippen molar-refractivity contribution in [3.05, 3.63) is 57.3 Å². The fourth-order valence-electron chi connectivity index (χ4n) is 1.80. The number of aromatic nitrogens is 2. The van der Waals surface area contributed by atoms with E-state index in [-0.39, 0.29) is 5.91 Å². The number of nitrogens with one attached hydrogen (secondary N) is 1. The zero-order valence-electron chi connectivity index (χ0n) is 10.1. The van der Waals surface area contributed by atoms with Gasteiger partial charge in [-0.3, -0.25) is 9.20 Å². The normalized spacial score (nSPS) is 10.9. The van der Waals surface area contributed by atoms with Crippen LogP contribution in [-0.4, -0.2) is 15.3 Å². The molecule has 20 heavy (non-hydrogen) atoms. The summed E-state index contributed by atoms with van der Waals surface area (Å²) in [4.78, 5) is 17.3. The molecule has 0 saturated carbocycles. The molecule has 7 heteroatoms. The number of imidazole rings is 1. The van der Waals surface area contributed by atoms with E-state index in [0.29, 0.717) is 22.2 Å². The first kappa shape index (κ1) is 13.4. The lowest BCUT2D eigenvalue weighted by Crippen LogP contribution is -2.23. The minimum atomic E-state index is -0.247. The maximum Gasteiger partial charge on any atom is 0.253 e. The van der Waals surface area contributed by atoms with E-state index in [4.69, 9.17) is 23.2 Å². The summed E-state index contributed by atoms with van der Waals surface area (Å²) in [6, 6.07) is 4.78. The Hall–Kier alpha value is -1.56. The summed E-state index contributed by atoms with van der Waals surface area (Å²) in [6.07, 6.45) is 3.81. The molecule has 1 amide bonds. The Labute approximate surface area is 129 Å². The fraction of sp³-hybridized carbons (Fsp3) is 0.0769. The monoisotopic (exact) mass is 325 g/mol. The topological polar surface area (TPSA) is 46.4 Å². The lowest BCUT2D eigenvalue weighted by atomic mass is 10.2. The van der Waals surface area contributed by atoms with Gasteiger partial charge in [-0.2, -0.15) is 0 Å². The fourth-order valence-corrected chi connectivity index (χ4v) is 3.01. The van der Waals surface area contributed by atoms with E-state index in [1.165, 1.54) is 0 Å². The smallest absolute Gasteiger partial charge is 0.253 e. The molecular weight excluding hydrogens is 317 g/mol. The Morgan fingerprint density at radius 1 is 1.40 bits per heavy atom. The molecule has 0 spiro atoms. The lowest BCUT2D eigenvalue weighted by Gasteiger charge is -2.05. The van der Waals surface area contributed by atoms with Crippen molar-refractivity contribution in [3.8, 4) is 0 Å². The molecule has 2 aromatic heterocycles. The van der Waals surface area contributed by atoms with Crippen LogP contribution in [0.2, 0.25) is 10.0 Å². The van der Waals surface area contributed by atoms with Crippen molar-refractivity contribution >= 4 is 45.4 Å². The molecule has 2 heterocycles. The van der Waals surface area contributed by atoms with Gasteiger partial charge in [-0.05, 0) is 18.2 Å². The highest BCUT2D eigenvalue weighted by Crippen LogP contribution is 2.21. The van der Waals surface area contributed by atoms with Crippen molar-refractivity contribution in [3.63, 3.8) is 0 Å². The summed E-state index contributed by atoms with van der Waals surface area (Å²) in [5.74, 6) is -0.247. The van der Waals surface area contributed by atoms with Crippen LogP contribution in [0.15, 0.2) is 36.0 Å². The Morgan fingerprint density at radius 2 is 2.25 bits per heavy atom. The second kappa shape index (κ2) is 5.44. The molecule has 1 N–H and O–H groups in total. The average molecular weight is 326 g/mol. The molecule has 102 valence electrons. The first-order valence-electron chi connectivity index (χ1n) is 5.78. The van der Waals surface area contributed by atoms with Crippen LogP contribution in [-0.2, 0) is 6.54 Å². The average Bonchev–Trinajstić information content (AvgIpc) is 2.96. The predicted molar refractivity (Wildman–Crippen MR) is 80.7 cm³/mol. The van der Waals surface area contributed by atoms with Crippen molar-refractivity contribution in [1.82, 2.24) is 14.7 Å². The summed E-state index contributed by atoms with van der Waals surface area (Å²) in [7, 11) is 0. The SMILES string of the molecule is O=C(NCc1cn2ccsc2n1)c1ccc(Cl)cc1Cl. The number of rotatable bonds is 3. The molecule has 3 aromatic rings. The standard InChI is InChI=1S/C13H9Cl2N3OS/c14-8-1-2-10(11(15)5-8)12(19)16-6-9-7-18-3-4-20-13(18)17-9/h1-5,7H,6H2,(H,16,19). The third kappa shape index (κ3) is 2.65. The van der Waals surface area contributed by atoms with Gasteiger partial charge in [0.05, 0.1) is 22.8 Å². The second-order valence-corrected chi connectivity index (χ2v) is 5.85. The predicted octanol–water partition coefficient (Wildman–Crippen LogP) is 3.63. The summed E-state index contributed by atoms with van der Waals surface area (Å²) in [5.41, 5.74) is 1.20. The first-order valence-corrected chi connectivity index (χ1v) is 7.41. The van der Waals surface area contributed by atoms with Crippen molar-refractivity contribution in [2.75, 3.05) is 0 Å². The van der Waals surface area contributed by atoms with Crippen LogP contribution in [0.25, 0.3) is 4.96 Å². The van der Waals surface area contributed by atoms with Crippen LogP contribution >= 0.6 is 34.5 Å². The molecule has 0 atom stereocenters. The van der Waals surface area contributed by atoms with Crippen molar-refractivity contribution in [2.24, 2.45) is 0 Å². The number of thiazole rings is 1. The molecule has 0 radical (unpaired) electrons. The Balaban J connectivity index is 1.71.